The van der Waals surface area contributed by atoms with Crippen molar-refractivity contribution >= 4 is 34.8 Å². The Morgan fingerprint density at radius 1 is 1.09 bits per heavy atom. The number of nitrogens with zero attached hydrogens (tertiary/aromatic N) is 1. The maximum atomic E-state index is 6.53. The minimum Gasteiger partial charge on any atom is -0.381 e. The topological polar surface area (TPSA) is 24.5 Å². The van der Waals surface area contributed by atoms with Crippen LogP contribution in [-0.2, 0) is 4.74 Å². The third-order valence-corrected chi connectivity index (χ3v) is 5.63. The van der Waals surface area contributed by atoms with Gasteiger partial charge in [-0.3, -0.25) is 4.90 Å². The van der Waals surface area contributed by atoms with Gasteiger partial charge in [0.2, 0.25) is 0 Å². The number of hydrogen-bond donors (Lipinski definition) is 1. The van der Waals surface area contributed by atoms with Crippen LogP contribution in [0, 0.1) is 5.92 Å². The van der Waals surface area contributed by atoms with E-state index in [1.165, 1.54) is 0 Å². The van der Waals surface area contributed by atoms with E-state index in [1.54, 1.807) is 6.07 Å². The molecule has 0 unspecified atom stereocenters. The molecule has 2 fully saturated rings. The molecular weight excluding hydrogens is 343 g/mol. The smallest absolute Gasteiger partial charge is 0.0641 e. The predicted octanol–water partition coefficient (Wildman–Crippen LogP) is 4.02. The second kappa shape index (κ2) is 7.69. The highest BCUT2D eigenvalue weighted by Gasteiger charge is 2.33. The van der Waals surface area contributed by atoms with Crippen molar-refractivity contribution in [3.8, 4) is 0 Å². The molecule has 0 bridgehead atoms. The lowest BCUT2D eigenvalue weighted by Crippen LogP contribution is -2.47. The molecule has 3 nitrogen and oxygen atoms in total. The van der Waals surface area contributed by atoms with Crippen molar-refractivity contribution < 1.29 is 4.74 Å². The Balaban J connectivity index is 1.96. The van der Waals surface area contributed by atoms with E-state index in [9.17, 15) is 0 Å². The molecule has 2 heterocycles. The van der Waals surface area contributed by atoms with Gasteiger partial charge in [-0.2, -0.15) is 0 Å². The van der Waals surface area contributed by atoms with Gasteiger partial charge in [0.15, 0.2) is 0 Å². The van der Waals surface area contributed by atoms with Crippen LogP contribution in [0.3, 0.4) is 0 Å². The highest BCUT2D eigenvalue weighted by Crippen LogP contribution is 2.42. The molecule has 1 aromatic carbocycles. The van der Waals surface area contributed by atoms with Gasteiger partial charge in [0.1, 0.15) is 0 Å². The van der Waals surface area contributed by atoms with Crippen LogP contribution >= 0.6 is 34.8 Å². The van der Waals surface area contributed by atoms with Crippen molar-refractivity contribution in [2.24, 2.45) is 5.92 Å². The summed E-state index contributed by atoms with van der Waals surface area (Å²) in [6.45, 7) is 5.68. The largest absolute Gasteiger partial charge is 0.381 e. The summed E-state index contributed by atoms with van der Waals surface area (Å²) in [5.41, 5.74) is 1.06. The summed E-state index contributed by atoms with van der Waals surface area (Å²) in [5, 5.41) is 5.24. The Hall–Kier alpha value is -0.0300. The maximum Gasteiger partial charge on any atom is 0.0641 e. The highest BCUT2D eigenvalue weighted by molar-refractivity contribution is 6.43. The van der Waals surface area contributed by atoms with E-state index in [0.29, 0.717) is 21.0 Å². The van der Waals surface area contributed by atoms with Crippen molar-refractivity contribution in [3.63, 3.8) is 0 Å². The molecule has 0 aromatic heterocycles. The minimum absolute atomic E-state index is 0.259. The van der Waals surface area contributed by atoms with Crippen LogP contribution in [0.25, 0.3) is 0 Å². The third kappa shape index (κ3) is 3.72. The third-order valence-electron chi connectivity index (χ3n) is 4.60. The molecule has 3 rings (SSSR count). The molecule has 0 aliphatic carbocycles. The highest BCUT2D eigenvalue weighted by atomic mass is 35.5. The van der Waals surface area contributed by atoms with Crippen molar-refractivity contribution in [2.75, 3.05) is 39.4 Å². The van der Waals surface area contributed by atoms with Gasteiger partial charge in [0.05, 0.1) is 10.0 Å². The Morgan fingerprint density at radius 3 is 2.45 bits per heavy atom. The number of halogens is 3. The predicted molar refractivity (Wildman–Crippen MR) is 92.2 cm³/mol. The first-order valence-corrected chi connectivity index (χ1v) is 8.97. The molecule has 0 saturated carbocycles. The summed E-state index contributed by atoms with van der Waals surface area (Å²) >= 11 is 19.0. The van der Waals surface area contributed by atoms with E-state index in [4.69, 9.17) is 39.5 Å². The summed E-state index contributed by atoms with van der Waals surface area (Å²) in [6.07, 6.45) is 2.10. The number of nitrogens with one attached hydrogen (secondary N) is 1. The van der Waals surface area contributed by atoms with Crippen LogP contribution in [0.5, 0.6) is 0 Å². The number of piperazine rings is 1. The second-order valence-corrected chi connectivity index (χ2v) is 7.19. The van der Waals surface area contributed by atoms with E-state index in [2.05, 4.69) is 10.2 Å². The van der Waals surface area contributed by atoms with E-state index >= 15 is 0 Å². The van der Waals surface area contributed by atoms with Gasteiger partial charge in [-0.1, -0.05) is 34.8 Å². The molecule has 2 aliphatic rings. The van der Waals surface area contributed by atoms with Gasteiger partial charge < -0.3 is 10.1 Å². The molecule has 1 N–H and O–H groups in total. The molecule has 122 valence electrons. The first kappa shape index (κ1) is 16.8. The first-order chi connectivity index (χ1) is 10.7. The zero-order chi connectivity index (χ0) is 15.5. The zero-order valence-corrected chi connectivity index (χ0v) is 14.7. The summed E-state index contributed by atoms with van der Waals surface area (Å²) in [4.78, 5) is 2.51. The van der Waals surface area contributed by atoms with Gasteiger partial charge in [-0.25, -0.2) is 0 Å². The average Bonchev–Trinajstić information content (AvgIpc) is 2.54. The van der Waals surface area contributed by atoms with Crippen molar-refractivity contribution in [2.45, 2.75) is 18.9 Å². The van der Waals surface area contributed by atoms with E-state index in [0.717, 1.165) is 57.8 Å². The Kier molecular flexibility index (Phi) is 5.88. The second-order valence-electron chi connectivity index (χ2n) is 5.97. The van der Waals surface area contributed by atoms with Gasteiger partial charge in [0.25, 0.3) is 0 Å². The quantitative estimate of drug-likeness (QED) is 0.821. The van der Waals surface area contributed by atoms with Crippen molar-refractivity contribution in [3.05, 3.63) is 32.8 Å². The van der Waals surface area contributed by atoms with E-state index in [-0.39, 0.29) is 6.04 Å². The maximum absolute atomic E-state index is 6.53. The molecule has 2 saturated heterocycles. The van der Waals surface area contributed by atoms with Gasteiger partial charge >= 0.3 is 0 Å². The molecule has 0 radical (unpaired) electrons. The molecule has 0 spiro atoms. The summed E-state index contributed by atoms with van der Waals surface area (Å²) in [5.74, 6) is 0.527. The van der Waals surface area contributed by atoms with Crippen LogP contribution in [0.4, 0.5) is 0 Å². The Bertz CT molecular complexity index is 496. The summed E-state index contributed by atoms with van der Waals surface area (Å²) < 4.78 is 5.53. The molecule has 22 heavy (non-hydrogen) atoms. The average molecular weight is 364 g/mol. The standard InChI is InChI=1S/C16H21Cl3N2O/c17-12-9-13(15(19)14(18)10-12)16(11-1-7-22-8-2-11)21-5-3-20-4-6-21/h9-11,16,20H,1-8H2/t16-/m0/s1. The fourth-order valence-corrected chi connectivity index (χ4v) is 4.26. The number of ether oxygens (including phenoxy) is 1. The van der Waals surface area contributed by atoms with Gasteiger partial charge in [-0.15, -0.1) is 0 Å². The van der Waals surface area contributed by atoms with Crippen LogP contribution < -0.4 is 5.32 Å². The molecule has 6 heteroatoms. The van der Waals surface area contributed by atoms with E-state index < -0.39 is 0 Å². The van der Waals surface area contributed by atoms with Crippen LogP contribution in [-0.4, -0.2) is 44.3 Å². The van der Waals surface area contributed by atoms with E-state index in [1.807, 2.05) is 6.07 Å². The molecule has 1 aromatic rings. The monoisotopic (exact) mass is 362 g/mol. The van der Waals surface area contributed by atoms with Crippen LogP contribution in [0.1, 0.15) is 24.4 Å². The van der Waals surface area contributed by atoms with Gasteiger partial charge in [-0.05, 0) is 36.5 Å². The first-order valence-electron chi connectivity index (χ1n) is 7.84. The Labute approximate surface area is 146 Å². The summed E-state index contributed by atoms with van der Waals surface area (Å²) in [7, 11) is 0. The van der Waals surface area contributed by atoms with Gasteiger partial charge in [0, 0.05) is 50.5 Å². The number of benzene rings is 1. The molecule has 0 amide bonds. The van der Waals surface area contributed by atoms with Crippen LogP contribution in [0.2, 0.25) is 15.1 Å². The number of rotatable bonds is 3. The number of hydrogen-bond acceptors (Lipinski definition) is 3. The molecule has 2 aliphatic heterocycles. The SMILES string of the molecule is Clc1cc(Cl)c(Cl)c([C@H](C2CCOCC2)N2CCNCC2)c1. The van der Waals surface area contributed by atoms with Crippen LogP contribution in [0.15, 0.2) is 12.1 Å². The van der Waals surface area contributed by atoms with Crippen molar-refractivity contribution in [1.29, 1.82) is 0 Å². The fraction of sp³-hybridized carbons (Fsp3) is 0.625. The molecular formula is C16H21Cl3N2O. The lowest BCUT2D eigenvalue weighted by molar-refractivity contribution is 0.0213. The minimum atomic E-state index is 0.259. The molecule has 1 atom stereocenters. The Morgan fingerprint density at radius 2 is 1.77 bits per heavy atom. The lowest BCUT2D eigenvalue weighted by atomic mass is 9.85. The normalized spacial score (nSPS) is 22.7. The summed E-state index contributed by atoms with van der Waals surface area (Å²) in [6, 6.07) is 3.96. The zero-order valence-electron chi connectivity index (χ0n) is 12.5. The lowest BCUT2D eigenvalue weighted by Gasteiger charge is -2.41. The fourth-order valence-electron chi connectivity index (χ4n) is 3.53. The van der Waals surface area contributed by atoms with Crippen molar-refractivity contribution in [1.82, 2.24) is 10.2 Å².